The Kier molecular flexibility index (Phi) is 8.47. The summed E-state index contributed by atoms with van der Waals surface area (Å²) in [4.78, 5) is 23.6. The lowest BCUT2D eigenvalue weighted by atomic mass is 9.98. The number of carbonyl (C=O) groups excluding carboxylic acids is 2. The maximum atomic E-state index is 12.9. The van der Waals surface area contributed by atoms with Crippen molar-refractivity contribution in [2.24, 2.45) is 5.92 Å². The third-order valence-electron chi connectivity index (χ3n) is 5.28. The lowest BCUT2D eigenvalue weighted by Crippen LogP contribution is -2.41. The fourth-order valence-electron chi connectivity index (χ4n) is 3.33. The molecule has 0 aromatic heterocycles. The van der Waals surface area contributed by atoms with Crippen LogP contribution in [0.15, 0.2) is 29.2 Å². The lowest BCUT2D eigenvalue weighted by molar-refractivity contribution is -0.153. The number of piperidine rings is 1. The van der Waals surface area contributed by atoms with Crippen LogP contribution >= 0.6 is 0 Å². The number of nitrogens with one attached hydrogen (secondary N) is 1. The van der Waals surface area contributed by atoms with Crippen molar-refractivity contribution >= 4 is 21.9 Å². The van der Waals surface area contributed by atoms with Gasteiger partial charge >= 0.3 is 12.1 Å². The van der Waals surface area contributed by atoms with Crippen molar-refractivity contribution in [3.63, 3.8) is 0 Å². The Bertz CT molecular complexity index is 877. The van der Waals surface area contributed by atoms with Crippen molar-refractivity contribution in [1.82, 2.24) is 9.62 Å². The number of esters is 1. The zero-order chi connectivity index (χ0) is 23.2. The SMILES string of the molecule is CCC(CC)NC(=O)COC(=O)C1CCN(S(=O)(=O)c2cccc(C(F)(F)F)c2)CC1. The minimum absolute atomic E-state index is 0.00972. The second-order valence-corrected chi connectivity index (χ2v) is 9.33. The van der Waals surface area contributed by atoms with E-state index < -0.39 is 51.1 Å². The van der Waals surface area contributed by atoms with Crippen LogP contribution in [0.3, 0.4) is 0 Å². The molecular formula is C20H27F3N2O5S. The van der Waals surface area contributed by atoms with Crippen molar-refractivity contribution in [1.29, 1.82) is 0 Å². The highest BCUT2D eigenvalue weighted by atomic mass is 32.2. The average molecular weight is 465 g/mol. The highest BCUT2D eigenvalue weighted by molar-refractivity contribution is 7.89. The molecule has 0 unspecified atom stereocenters. The molecule has 0 spiro atoms. The molecule has 1 aliphatic heterocycles. The predicted molar refractivity (Wildman–Crippen MR) is 106 cm³/mol. The molecule has 11 heteroatoms. The van der Waals surface area contributed by atoms with Gasteiger partial charge in [0.2, 0.25) is 10.0 Å². The number of carbonyl (C=O) groups is 2. The van der Waals surface area contributed by atoms with Gasteiger partial charge in [-0.25, -0.2) is 8.42 Å². The summed E-state index contributed by atoms with van der Waals surface area (Å²) in [5, 5.41) is 2.75. The Hall–Kier alpha value is -2.14. The molecule has 0 atom stereocenters. The summed E-state index contributed by atoms with van der Waals surface area (Å²) in [6, 6.07) is 3.58. The lowest BCUT2D eigenvalue weighted by Gasteiger charge is -2.30. The summed E-state index contributed by atoms with van der Waals surface area (Å²) in [5.74, 6) is -1.56. The number of hydrogen-bond acceptors (Lipinski definition) is 5. The molecule has 0 saturated carbocycles. The standard InChI is InChI=1S/C20H27F3N2O5S/c1-3-16(4-2)24-18(26)13-30-19(27)14-8-10-25(11-9-14)31(28,29)17-7-5-6-15(12-17)20(21,22)23/h5-7,12,14,16H,3-4,8-11,13H2,1-2H3,(H,24,26). The third kappa shape index (κ3) is 6.67. The first-order valence-electron chi connectivity index (χ1n) is 10.1. The van der Waals surface area contributed by atoms with Gasteiger partial charge in [-0.2, -0.15) is 17.5 Å². The van der Waals surface area contributed by atoms with Gasteiger partial charge in [0.25, 0.3) is 5.91 Å². The summed E-state index contributed by atoms with van der Waals surface area (Å²) < 4.78 is 70.2. The van der Waals surface area contributed by atoms with Gasteiger partial charge in [0.15, 0.2) is 6.61 Å². The number of rotatable bonds is 8. The van der Waals surface area contributed by atoms with Crippen LogP contribution in [-0.2, 0) is 30.5 Å². The van der Waals surface area contributed by atoms with E-state index in [0.29, 0.717) is 6.07 Å². The summed E-state index contributed by atoms with van der Waals surface area (Å²) in [7, 11) is -4.12. The molecule has 174 valence electrons. The van der Waals surface area contributed by atoms with Gasteiger partial charge in [0, 0.05) is 19.1 Å². The van der Waals surface area contributed by atoms with Gasteiger partial charge in [0.05, 0.1) is 16.4 Å². The van der Waals surface area contributed by atoms with Crippen LogP contribution in [0.1, 0.15) is 45.1 Å². The van der Waals surface area contributed by atoms with Gasteiger partial charge in [-0.05, 0) is 43.9 Å². The van der Waals surface area contributed by atoms with E-state index in [9.17, 15) is 31.2 Å². The summed E-state index contributed by atoms with van der Waals surface area (Å²) in [6.07, 6.45) is -2.82. The second-order valence-electron chi connectivity index (χ2n) is 7.39. The first-order valence-corrected chi connectivity index (χ1v) is 11.6. The van der Waals surface area contributed by atoms with Crippen molar-refractivity contribution in [2.45, 2.75) is 56.6 Å². The average Bonchev–Trinajstić information content (AvgIpc) is 2.75. The highest BCUT2D eigenvalue weighted by Gasteiger charge is 2.35. The maximum absolute atomic E-state index is 12.9. The number of benzene rings is 1. The van der Waals surface area contributed by atoms with Gasteiger partial charge in [-0.1, -0.05) is 19.9 Å². The molecule has 1 amide bonds. The minimum Gasteiger partial charge on any atom is -0.455 e. The number of alkyl halides is 3. The molecule has 1 heterocycles. The molecule has 2 rings (SSSR count). The molecular weight excluding hydrogens is 437 g/mol. The molecule has 0 bridgehead atoms. The monoisotopic (exact) mass is 464 g/mol. The number of ether oxygens (including phenoxy) is 1. The Balaban J connectivity index is 1.92. The zero-order valence-corrected chi connectivity index (χ0v) is 18.3. The van der Waals surface area contributed by atoms with Crippen molar-refractivity contribution in [2.75, 3.05) is 19.7 Å². The predicted octanol–water partition coefficient (Wildman–Crippen LogP) is 2.95. The fourth-order valence-corrected chi connectivity index (χ4v) is 4.85. The van der Waals surface area contributed by atoms with Gasteiger partial charge in [-0.15, -0.1) is 0 Å². The van der Waals surface area contributed by atoms with Crippen LogP contribution < -0.4 is 5.32 Å². The molecule has 1 saturated heterocycles. The van der Waals surface area contributed by atoms with Crippen LogP contribution in [0.5, 0.6) is 0 Å². The molecule has 1 aliphatic rings. The molecule has 0 radical (unpaired) electrons. The minimum atomic E-state index is -4.65. The highest BCUT2D eigenvalue weighted by Crippen LogP contribution is 2.32. The Morgan fingerprint density at radius 2 is 1.81 bits per heavy atom. The van der Waals surface area contributed by atoms with Crippen molar-refractivity contribution in [3.05, 3.63) is 29.8 Å². The van der Waals surface area contributed by atoms with Crippen LogP contribution in [0.2, 0.25) is 0 Å². The van der Waals surface area contributed by atoms with E-state index in [2.05, 4.69) is 5.32 Å². The van der Waals surface area contributed by atoms with Gasteiger partial charge in [-0.3, -0.25) is 9.59 Å². The van der Waals surface area contributed by atoms with E-state index in [1.54, 1.807) is 0 Å². The zero-order valence-electron chi connectivity index (χ0n) is 17.4. The quantitative estimate of drug-likeness (QED) is 0.597. The Labute approximate surface area is 180 Å². The smallest absolute Gasteiger partial charge is 0.416 e. The summed E-state index contributed by atoms with van der Waals surface area (Å²) in [5.41, 5.74) is -1.04. The molecule has 1 aromatic rings. The molecule has 7 nitrogen and oxygen atoms in total. The van der Waals surface area contributed by atoms with E-state index in [1.807, 2.05) is 13.8 Å². The van der Waals surface area contributed by atoms with E-state index >= 15 is 0 Å². The molecule has 1 fully saturated rings. The Morgan fingerprint density at radius 1 is 1.19 bits per heavy atom. The van der Waals surface area contributed by atoms with Crippen LogP contribution in [-0.4, -0.2) is 50.3 Å². The van der Waals surface area contributed by atoms with E-state index in [-0.39, 0.29) is 32.0 Å². The molecule has 0 aliphatic carbocycles. The molecule has 1 aromatic carbocycles. The summed E-state index contributed by atoms with van der Waals surface area (Å²) in [6.45, 7) is 3.40. The van der Waals surface area contributed by atoms with Crippen molar-refractivity contribution < 1.29 is 35.9 Å². The number of amides is 1. The number of sulfonamides is 1. The van der Waals surface area contributed by atoms with Crippen LogP contribution in [0.25, 0.3) is 0 Å². The number of halogens is 3. The number of nitrogens with zero attached hydrogens (tertiary/aromatic N) is 1. The van der Waals surface area contributed by atoms with E-state index in [4.69, 9.17) is 4.74 Å². The first-order chi connectivity index (χ1) is 14.5. The normalized spacial score (nSPS) is 16.3. The fraction of sp³-hybridized carbons (Fsp3) is 0.600. The van der Waals surface area contributed by atoms with E-state index in [1.165, 1.54) is 0 Å². The summed E-state index contributed by atoms with van der Waals surface area (Å²) >= 11 is 0. The van der Waals surface area contributed by atoms with Gasteiger partial charge < -0.3 is 10.1 Å². The van der Waals surface area contributed by atoms with Crippen molar-refractivity contribution in [3.8, 4) is 0 Å². The van der Waals surface area contributed by atoms with Crippen LogP contribution in [0, 0.1) is 5.92 Å². The Morgan fingerprint density at radius 3 is 2.35 bits per heavy atom. The molecule has 31 heavy (non-hydrogen) atoms. The van der Waals surface area contributed by atoms with Crippen LogP contribution in [0.4, 0.5) is 13.2 Å². The molecule has 1 N–H and O–H groups in total. The number of hydrogen-bond donors (Lipinski definition) is 1. The largest absolute Gasteiger partial charge is 0.455 e. The second kappa shape index (κ2) is 10.4. The third-order valence-corrected chi connectivity index (χ3v) is 7.18. The topological polar surface area (TPSA) is 92.8 Å². The van der Waals surface area contributed by atoms with E-state index in [0.717, 1.165) is 35.3 Å². The first kappa shape index (κ1) is 25.1. The van der Waals surface area contributed by atoms with Gasteiger partial charge in [0.1, 0.15) is 0 Å². The maximum Gasteiger partial charge on any atom is 0.416 e.